The monoisotopic (exact) mass is 339 g/mol. The molecule has 1 heterocycles. The number of rotatable bonds is 6. The Labute approximate surface area is 144 Å². The van der Waals surface area contributed by atoms with Gasteiger partial charge < -0.3 is 19.2 Å². The van der Waals surface area contributed by atoms with Crippen LogP contribution in [0.4, 0.5) is 0 Å². The van der Waals surface area contributed by atoms with E-state index in [2.05, 4.69) is 4.98 Å². The number of H-pyrrole nitrogens is 1. The fourth-order valence-electron chi connectivity index (χ4n) is 2.36. The van der Waals surface area contributed by atoms with Crippen molar-refractivity contribution in [3.63, 3.8) is 0 Å². The first-order valence-corrected chi connectivity index (χ1v) is 7.73. The first-order valence-electron chi connectivity index (χ1n) is 7.73. The van der Waals surface area contributed by atoms with Crippen LogP contribution in [-0.4, -0.2) is 31.3 Å². The van der Waals surface area contributed by atoms with Crippen molar-refractivity contribution in [1.29, 1.82) is 0 Å². The van der Waals surface area contributed by atoms with Gasteiger partial charge in [-0.25, -0.2) is 4.79 Å². The second-order valence-corrected chi connectivity index (χ2v) is 5.26. The van der Waals surface area contributed by atoms with Crippen molar-refractivity contribution >= 4 is 16.7 Å². The number of ether oxygens (including phenoxy) is 3. The van der Waals surface area contributed by atoms with E-state index in [0.717, 1.165) is 5.75 Å². The van der Waals surface area contributed by atoms with Gasteiger partial charge in [0.15, 0.2) is 0 Å². The van der Waals surface area contributed by atoms with Gasteiger partial charge in [0.1, 0.15) is 30.4 Å². The van der Waals surface area contributed by atoms with Gasteiger partial charge in [0, 0.05) is 5.39 Å². The highest BCUT2D eigenvalue weighted by Crippen LogP contribution is 2.17. The number of fused-ring (bicyclic) bond motifs is 1. The van der Waals surface area contributed by atoms with Crippen LogP contribution < -0.4 is 15.0 Å². The Balaban J connectivity index is 1.56. The predicted molar refractivity (Wildman–Crippen MR) is 93.3 cm³/mol. The predicted octanol–water partition coefficient (Wildman–Crippen LogP) is 2.77. The Hall–Kier alpha value is -3.28. The quantitative estimate of drug-likeness (QED) is 0.552. The van der Waals surface area contributed by atoms with Crippen LogP contribution in [0.5, 0.6) is 11.5 Å². The van der Waals surface area contributed by atoms with Crippen LogP contribution in [0.15, 0.2) is 59.4 Å². The maximum Gasteiger partial charge on any atom is 0.354 e. The normalized spacial score (nSPS) is 10.4. The molecule has 1 aromatic heterocycles. The molecule has 6 nitrogen and oxygen atoms in total. The molecule has 0 fully saturated rings. The highest BCUT2D eigenvalue weighted by molar-refractivity contribution is 5.92. The standard InChI is InChI=1S/C19H17NO5/c1-23-14-6-8-15(9-7-14)24-10-11-25-19(22)17-12-13-4-2-3-5-16(13)18(21)20-17/h2-9,12H,10-11H2,1H3,(H,20,21). The Morgan fingerprint density at radius 3 is 2.48 bits per heavy atom. The summed E-state index contributed by atoms with van der Waals surface area (Å²) < 4.78 is 15.7. The number of esters is 1. The van der Waals surface area contributed by atoms with E-state index in [-0.39, 0.29) is 24.5 Å². The third-order valence-electron chi connectivity index (χ3n) is 3.62. The average Bonchev–Trinajstić information content (AvgIpc) is 2.65. The van der Waals surface area contributed by atoms with Crippen molar-refractivity contribution < 1.29 is 19.0 Å². The summed E-state index contributed by atoms with van der Waals surface area (Å²) in [6.45, 7) is 0.273. The zero-order valence-corrected chi connectivity index (χ0v) is 13.7. The van der Waals surface area contributed by atoms with Crippen LogP contribution in [0, 0.1) is 0 Å². The molecule has 0 saturated heterocycles. The highest BCUT2D eigenvalue weighted by atomic mass is 16.6. The number of nitrogens with one attached hydrogen (secondary N) is 1. The van der Waals surface area contributed by atoms with E-state index in [1.807, 2.05) is 0 Å². The lowest BCUT2D eigenvalue weighted by atomic mass is 10.1. The zero-order valence-electron chi connectivity index (χ0n) is 13.7. The molecule has 0 saturated carbocycles. The fourth-order valence-corrected chi connectivity index (χ4v) is 2.36. The molecule has 2 aromatic carbocycles. The van der Waals surface area contributed by atoms with E-state index in [1.54, 1.807) is 61.7 Å². The molecule has 0 atom stereocenters. The van der Waals surface area contributed by atoms with Crippen LogP contribution in [-0.2, 0) is 4.74 Å². The molecule has 0 spiro atoms. The Morgan fingerprint density at radius 1 is 1.00 bits per heavy atom. The van der Waals surface area contributed by atoms with E-state index in [4.69, 9.17) is 14.2 Å². The molecule has 0 aliphatic rings. The van der Waals surface area contributed by atoms with E-state index in [9.17, 15) is 9.59 Å². The highest BCUT2D eigenvalue weighted by Gasteiger charge is 2.10. The lowest BCUT2D eigenvalue weighted by Gasteiger charge is -2.08. The van der Waals surface area contributed by atoms with Gasteiger partial charge >= 0.3 is 5.97 Å². The van der Waals surface area contributed by atoms with E-state index in [0.29, 0.717) is 16.5 Å². The van der Waals surface area contributed by atoms with E-state index >= 15 is 0 Å². The van der Waals surface area contributed by atoms with Crippen molar-refractivity contribution in [1.82, 2.24) is 4.98 Å². The largest absolute Gasteiger partial charge is 0.497 e. The number of carbonyl (C=O) groups excluding carboxylic acids is 1. The molecule has 0 unspecified atom stereocenters. The molecule has 1 N–H and O–H groups in total. The van der Waals surface area contributed by atoms with Gasteiger partial charge in [0.25, 0.3) is 5.56 Å². The molecule has 0 bridgehead atoms. The number of pyridine rings is 1. The fraction of sp³-hybridized carbons (Fsp3) is 0.158. The number of methoxy groups -OCH3 is 1. The van der Waals surface area contributed by atoms with E-state index in [1.165, 1.54) is 0 Å². The summed E-state index contributed by atoms with van der Waals surface area (Å²) in [5.41, 5.74) is -0.201. The van der Waals surface area contributed by atoms with Crippen molar-refractivity contribution in [3.8, 4) is 11.5 Å². The maximum absolute atomic E-state index is 12.1. The van der Waals surface area contributed by atoms with E-state index < -0.39 is 5.97 Å². The third-order valence-corrected chi connectivity index (χ3v) is 3.62. The summed E-state index contributed by atoms with van der Waals surface area (Å²) in [5.74, 6) is 0.788. The summed E-state index contributed by atoms with van der Waals surface area (Å²) in [7, 11) is 1.59. The summed E-state index contributed by atoms with van der Waals surface area (Å²) in [5, 5.41) is 1.22. The Kier molecular flexibility index (Phi) is 4.99. The van der Waals surface area contributed by atoms with Crippen LogP contribution in [0.3, 0.4) is 0 Å². The topological polar surface area (TPSA) is 77.6 Å². The minimum absolute atomic E-state index is 0.0692. The molecule has 3 aromatic rings. The Bertz CT molecular complexity index is 930. The number of hydrogen-bond donors (Lipinski definition) is 1. The van der Waals surface area contributed by atoms with Crippen molar-refractivity contribution in [2.75, 3.05) is 20.3 Å². The zero-order chi connectivity index (χ0) is 17.6. The molecule has 25 heavy (non-hydrogen) atoms. The van der Waals surface area contributed by atoms with Gasteiger partial charge in [-0.05, 0) is 41.8 Å². The first kappa shape index (κ1) is 16.6. The molecule has 0 aliphatic carbocycles. The van der Waals surface area contributed by atoms with Gasteiger partial charge in [-0.2, -0.15) is 0 Å². The van der Waals surface area contributed by atoms with Gasteiger partial charge in [-0.3, -0.25) is 4.79 Å². The minimum atomic E-state index is -0.596. The third kappa shape index (κ3) is 3.98. The number of benzene rings is 2. The Morgan fingerprint density at radius 2 is 1.72 bits per heavy atom. The van der Waals surface area contributed by atoms with Gasteiger partial charge in [0.05, 0.1) is 7.11 Å². The molecular weight excluding hydrogens is 322 g/mol. The van der Waals surface area contributed by atoms with Gasteiger partial charge in [-0.1, -0.05) is 18.2 Å². The second kappa shape index (κ2) is 7.53. The maximum atomic E-state index is 12.1. The van der Waals surface area contributed by atoms with Crippen LogP contribution in [0.2, 0.25) is 0 Å². The molecular formula is C19H17NO5. The number of aromatic nitrogens is 1. The van der Waals surface area contributed by atoms with Crippen molar-refractivity contribution in [2.24, 2.45) is 0 Å². The van der Waals surface area contributed by atoms with Crippen LogP contribution in [0.1, 0.15) is 10.5 Å². The van der Waals surface area contributed by atoms with Crippen molar-refractivity contribution in [2.45, 2.75) is 0 Å². The molecule has 0 radical (unpaired) electrons. The average molecular weight is 339 g/mol. The summed E-state index contributed by atoms with van der Waals surface area (Å²) in [6.07, 6.45) is 0. The summed E-state index contributed by atoms with van der Waals surface area (Å²) >= 11 is 0. The van der Waals surface area contributed by atoms with Gasteiger partial charge in [0.2, 0.25) is 0 Å². The van der Waals surface area contributed by atoms with Crippen molar-refractivity contribution in [3.05, 3.63) is 70.6 Å². The lowest BCUT2D eigenvalue weighted by Crippen LogP contribution is -2.17. The molecule has 128 valence electrons. The SMILES string of the molecule is COc1ccc(OCCOC(=O)c2cc3ccccc3c(=O)[nH]2)cc1. The number of aromatic amines is 1. The molecule has 3 rings (SSSR count). The van der Waals surface area contributed by atoms with Crippen LogP contribution in [0.25, 0.3) is 10.8 Å². The summed E-state index contributed by atoms with van der Waals surface area (Å²) in [4.78, 5) is 26.6. The van der Waals surface area contributed by atoms with Crippen LogP contribution >= 0.6 is 0 Å². The summed E-state index contributed by atoms with van der Waals surface area (Å²) in [6, 6.07) is 15.7. The smallest absolute Gasteiger partial charge is 0.354 e. The lowest BCUT2D eigenvalue weighted by molar-refractivity contribution is 0.0443. The number of hydrogen-bond acceptors (Lipinski definition) is 5. The molecule has 0 amide bonds. The first-order chi connectivity index (χ1) is 12.2. The second-order valence-electron chi connectivity index (χ2n) is 5.26. The number of carbonyl (C=O) groups is 1. The molecule has 6 heteroatoms. The molecule has 0 aliphatic heterocycles. The minimum Gasteiger partial charge on any atom is -0.497 e. The van der Waals surface area contributed by atoms with Gasteiger partial charge in [-0.15, -0.1) is 0 Å².